The van der Waals surface area contributed by atoms with E-state index in [0.29, 0.717) is 0 Å². The molecule has 0 bridgehead atoms. The predicted molar refractivity (Wildman–Crippen MR) is 59.0 cm³/mol. The van der Waals surface area contributed by atoms with Crippen molar-refractivity contribution in [1.82, 2.24) is 0 Å². The van der Waals surface area contributed by atoms with E-state index < -0.39 is 28.9 Å². The fourth-order valence-electron chi connectivity index (χ4n) is 1.09. The molecular formula is C9H7ClN2O5. The van der Waals surface area contributed by atoms with Gasteiger partial charge in [0.2, 0.25) is 5.91 Å². The van der Waals surface area contributed by atoms with Crippen LogP contribution in [0.4, 0.5) is 11.4 Å². The number of nitrogens with one attached hydrogen (secondary N) is 1. The molecule has 0 fully saturated rings. The van der Waals surface area contributed by atoms with Crippen LogP contribution in [0.15, 0.2) is 18.2 Å². The molecule has 1 amide bonds. The zero-order valence-electron chi connectivity index (χ0n) is 8.34. The first-order valence-corrected chi connectivity index (χ1v) is 4.73. The Hall–Kier alpha value is -2.15. The van der Waals surface area contributed by atoms with Crippen LogP contribution in [0.2, 0.25) is 5.02 Å². The summed E-state index contributed by atoms with van der Waals surface area (Å²) in [6.07, 6.45) is -0.764. The van der Waals surface area contributed by atoms with Crippen molar-refractivity contribution >= 4 is 34.9 Å². The molecule has 2 N–H and O–H groups in total. The lowest BCUT2D eigenvalue weighted by Crippen LogP contribution is -2.16. The first kappa shape index (κ1) is 12.9. The summed E-state index contributed by atoms with van der Waals surface area (Å²) in [5.41, 5.74) is -0.484. The van der Waals surface area contributed by atoms with Gasteiger partial charge >= 0.3 is 5.97 Å². The van der Waals surface area contributed by atoms with Crippen molar-refractivity contribution < 1.29 is 19.6 Å². The summed E-state index contributed by atoms with van der Waals surface area (Å²) in [7, 11) is 0. The number of anilines is 1. The number of carboxylic acid groups (broad SMARTS) is 1. The predicted octanol–water partition coefficient (Wildman–Crippen LogP) is 1.66. The van der Waals surface area contributed by atoms with E-state index in [4.69, 9.17) is 16.7 Å². The van der Waals surface area contributed by atoms with Gasteiger partial charge in [-0.2, -0.15) is 0 Å². The molecule has 1 aromatic rings. The van der Waals surface area contributed by atoms with Crippen LogP contribution in [0.3, 0.4) is 0 Å². The number of hydrogen-bond donors (Lipinski definition) is 2. The van der Waals surface area contributed by atoms with Crippen molar-refractivity contribution in [3.05, 3.63) is 33.3 Å². The molecule has 90 valence electrons. The molecule has 7 nitrogen and oxygen atoms in total. The lowest BCUT2D eigenvalue weighted by molar-refractivity contribution is -0.383. The number of nitro groups is 1. The second kappa shape index (κ2) is 5.26. The van der Waals surface area contributed by atoms with Crippen molar-refractivity contribution in [2.24, 2.45) is 0 Å². The van der Waals surface area contributed by atoms with E-state index in [1.54, 1.807) is 0 Å². The summed E-state index contributed by atoms with van der Waals surface area (Å²) in [6, 6.07) is 3.66. The van der Waals surface area contributed by atoms with E-state index >= 15 is 0 Å². The Balaban J connectivity index is 2.94. The smallest absolute Gasteiger partial charge is 0.312 e. The van der Waals surface area contributed by atoms with Crippen molar-refractivity contribution in [3.8, 4) is 0 Å². The van der Waals surface area contributed by atoms with Crippen LogP contribution in [0, 0.1) is 10.1 Å². The van der Waals surface area contributed by atoms with Crippen molar-refractivity contribution in [1.29, 1.82) is 0 Å². The highest BCUT2D eigenvalue weighted by molar-refractivity contribution is 6.31. The molecule has 0 spiro atoms. The Morgan fingerprint density at radius 3 is 2.65 bits per heavy atom. The Labute approximate surface area is 100 Å². The minimum absolute atomic E-state index is 0.0920. The number of carbonyl (C=O) groups excluding carboxylic acids is 1. The number of carbonyl (C=O) groups is 2. The highest BCUT2D eigenvalue weighted by Crippen LogP contribution is 2.27. The van der Waals surface area contributed by atoms with Gasteiger partial charge in [-0.25, -0.2) is 0 Å². The van der Waals surface area contributed by atoms with Gasteiger partial charge in [0.15, 0.2) is 0 Å². The summed E-state index contributed by atoms with van der Waals surface area (Å²) in [5.74, 6) is -2.16. The molecule has 0 aliphatic heterocycles. The largest absolute Gasteiger partial charge is 0.481 e. The molecule has 1 rings (SSSR count). The molecule has 0 aliphatic carbocycles. The van der Waals surface area contributed by atoms with Gasteiger partial charge in [-0.05, 0) is 12.1 Å². The van der Waals surface area contributed by atoms with Crippen LogP contribution in [0.5, 0.6) is 0 Å². The number of rotatable bonds is 4. The number of carboxylic acids is 1. The molecule has 0 unspecified atom stereocenters. The Morgan fingerprint density at radius 1 is 1.47 bits per heavy atom. The zero-order chi connectivity index (χ0) is 13.0. The van der Waals surface area contributed by atoms with Crippen molar-refractivity contribution in [3.63, 3.8) is 0 Å². The average Bonchev–Trinajstić information content (AvgIpc) is 2.19. The number of nitrogens with zero attached hydrogens (tertiary/aromatic N) is 1. The second-order valence-electron chi connectivity index (χ2n) is 3.04. The molecule has 0 atom stereocenters. The highest BCUT2D eigenvalue weighted by Gasteiger charge is 2.17. The van der Waals surface area contributed by atoms with E-state index in [1.807, 2.05) is 0 Å². The van der Waals surface area contributed by atoms with E-state index in [1.165, 1.54) is 12.1 Å². The first-order chi connectivity index (χ1) is 7.90. The Kier molecular flexibility index (Phi) is 4.00. The van der Waals surface area contributed by atoms with Gasteiger partial charge in [-0.1, -0.05) is 11.6 Å². The number of nitro benzene ring substituents is 1. The summed E-state index contributed by atoms with van der Waals surface area (Å²) < 4.78 is 0. The first-order valence-electron chi connectivity index (χ1n) is 4.35. The fraction of sp³-hybridized carbons (Fsp3) is 0.111. The summed E-state index contributed by atoms with van der Waals surface area (Å²) >= 11 is 5.57. The number of halogens is 1. The van der Waals surface area contributed by atoms with Gasteiger partial charge in [0.1, 0.15) is 12.1 Å². The monoisotopic (exact) mass is 258 g/mol. The summed E-state index contributed by atoms with van der Waals surface area (Å²) in [4.78, 5) is 31.3. The number of hydrogen-bond acceptors (Lipinski definition) is 4. The minimum Gasteiger partial charge on any atom is -0.481 e. The maximum absolute atomic E-state index is 11.1. The summed E-state index contributed by atoms with van der Waals surface area (Å²) in [6.45, 7) is 0. The second-order valence-corrected chi connectivity index (χ2v) is 3.47. The molecule has 0 radical (unpaired) electrons. The number of benzene rings is 1. The Morgan fingerprint density at radius 2 is 2.12 bits per heavy atom. The standard InChI is InChI=1S/C9H7ClN2O5/c10-5-1-2-6(7(3-5)12(16)17)11-8(13)4-9(14)15/h1-3H,4H2,(H,11,13)(H,14,15). The fourth-order valence-corrected chi connectivity index (χ4v) is 1.26. The average molecular weight is 259 g/mol. The van der Waals surface area contributed by atoms with Crippen LogP contribution in [-0.4, -0.2) is 21.9 Å². The maximum Gasteiger partial charge on any atom is 0.312 e. The lowest BCUT2D eigenvalue weighted by Gasteiger charge is -2.04. The minimum atomic E-state index is -1.32. The molecule has 1 aromatic carbocycles. The van der Waals surface area contributed by atoms with Crippen LogP contribution >= 0.6 is 11.6 Å². The van der Waals surface area contributed by atoms with E-state index in [9.17, 15) is 19.7 Å². The van der Waals surface area contributed by atoms with Gasteiger partial charge in [-0.15, -0.1) is 0 Å². The van der Waals surface area contributed by atoms with Crippen LogP contribution < -0.4 is 5.32 Å². The highest BCUT2D eigenvalue weighted by atomic mass is 35.5. The van der Waals surface area contributed by atoms with E-state index in [2.05, 4.69) is 5.32 Å². The van der Waals surface area contributed by atoms with E-state index in [-0.39, 0.29) is 10.7 Å². The summed E-state index contributed by atoms with van der Waals surface area (Å²) in [5, 5.41) is 21.3. The molecule has 0 saturated heterocycles. The van der Waals surface area contributed by atoms with E-state index in [0.717, 1.165) is 6.07 Å². The molecule has 0 aliphatic rings. The van der Waals surface area contributed by atoms with Gasteiger partial charge < -0.3 is 10.4 Å². The van der Waals surface area contributed by atoms with Gasteiger partial charge in [0.25, 0.3) is 5.69 Å². The molecule has 0 aromatic heterocycles. The van der Waals surface area contributed by atoms with Gasteiger partial charge in [0.05, 0.1) is 4.92 Å². The molecule has 0 heterocycles. The molecule has 17 heavy (non-hydrogen) atoms. The van der Waals surface area contributed by atoms with Gasteiger partial charge in [0, 0.05) is 11.1 Å². The Bertz CT molecular complexity index is 488. The molecular weight excluding hydrogens is 252 g/mol. The quantitative estimate of drug-likeness (QED) is 0.485. The normalized spacial score (nSPS) is 9.71. The topological polar surface area (TPSA) is 110 Å². The molecule has 8 heteroatoms. The number of amides is 1. The lowest BCUT2D eigenvalue weighted by atomic mass is 10.2. The van der Waals surface area contributed by atoms with Crippen molar-refractivity contribution in [2.45, 2.75) is 6.42 Å². The van der Waals surface area contributed by atoms with Crippen LogP contribution in [0.1, 0.15) is 6.42 Å². The van der Waals surface area contributed by atoms with Gasteiger partial charge in [-0.3, -0.25) is 19.7 Å². The SMILES string of the molecule is O=C(O)CC(=O)Nc1ccc(Cl)cc1[N+](=O)[O-]. The zero-order valence-corrected chi connectivity index (χ0v) is 9.10. The third-order valence-corrected chi connectivity index (χ3v) is 1.98. The number of aliphatic carboxylic acids is 1. The van der Waals surface area contributed by atoms with Crippen LogP contribution in [0.25, 0.3) is 0 Å². The third kappa shape index (κ3) is 3.72. The third-order valence-electron chi connectivity index (χ3n) is 1.74. The van der Waals surface area contributed by atoms with Crippen LogP contribution in [-0.2, 0) is 9.59 Å². The van der Waals surface area contributed by atoms with Crippen molar-refractivity contribution in [2.75, 3.05) is 5.32 Å². The maximum atomic E-state index is 11.1. The molecule has 0 saturated carbocycles.